The number of hydrogen-bond acceptors (Lipinski definition) is 5. The second kappa shape index (κ2) is 4.85. The Labute approximate surface area is 117 Å². The third-order valence-corrected chi connectivity index (χ3v) is 3.15. The Morgan fingerprint density at radius 2 is 2.21 bits per heavy atom. The maximum absolute atomic E-state index is 5.74. The van der Waals surface area contributed by atoms with Crippen LogP contribution in [-0.4, -0.2) is 26.7 Å². The standard InChI is InChI=1S/C12H9BrN4O2/c1-18-8-2-3-10(9(13)6-8)19-12-11-16-15-7-17(11)5-4-14-12/h2-7H,1H3. The summed E-state index contributed by atoms with van der Waals surface area (Å²) >= 11 is 3.42. The minimum absolute atomic E-state index is 0.394. The molecular formula is C12H9BrN4O2. The Kier molecular flexibility index (Phi) is 3.04. The number of halogens is 1. The van der Waals surface area contributed by atoms with Crippen molar-refractivity contribution in [3.63, 3.8) is 0 Å². The molecule has 96 valence electrons. The molecule has 3 rings (SSSR count). The van der Waals surface area contributed by atoms with Crippen molar-refractivity contribution in [2.45, 2.75) is 0 Å². The topological polar surface area (TPSA) is 61.5 Å². The molecule has 2 heterocycles. The number of rotatable bonds is 3. The van der Waals surface area contributed by atoms with Gasteiger partial charge in [-0.15, -0.1) is 10.2 Å². The average molecular weight is 321 g/mol. The second-order valence-electron chi connectivity index (χ2n) is 3.69. The van der Waals surface area contributed by atoms with E-state index < -0.39 is 0 Å². The molecule has 3 aromatic rings. The second-order valence-corrected chi connectivity index (χ2v) is 4.55. The molecule has 0 unspecified atom stereocenters. The van der Waals surface area contributed by atoms with Crippen molar-refractivity contribution in [3.8, 4) is 17.4 Å². The zero-order valence-corrected chi connectivity index (χ0v) is 11.5. The Balaban J connectivity index is 1.99. The lowest BCUT2D eigenvalue weighted by molar-refractivity contribution is 0.411. The highest BCUT2D eigenvalue weighted by molar-refractivity contribution is 9.10. The summed E-state index contributed by atoms with van der Waals surface area (Å²) in [5.74, 6) is 1.77. The van der Waals surface area contributed by atoms with Gasteiger partial charge < -0.3 is 9.47 Å². The molecule has 0 amide bonds. The Morgan fingerprint density at radius 1 is 1.32 bits per heavy atom. The van der Waals surface area contributed by atoms with Crippen LogP contribution in [0.1, 0.15) is 0 Å². The Bertz CT molecular complexity index is 729. The van der Waals surface area contributed by atoms with Crippen LogP contribution < -0.4 is 9.47 Å². The Hall–Kier alpha value is -2.15. The predicted octanol–water partition coefficient (Wildman–Crippen LogP) is 2.69. The highest BCUT2D eigenvalue weighted by atomic mass is 79.9. The number of ether oxygens (including phenoxy) is 2. The van der Waals surface area contributed by atoms with Gasteiger partial charge in [0.1, 0.15) is 17.8 Å². The van der Waals surface area contributed by atoms with Crippen molar-refractivity contribution in [2.24, 2.45) is 0 Å². The largest absolute Gasteiger partial charge is 0.497 e. The highest BCUT2D eigenvalue weighted by Gasteiger charge is 2.10. The van der Waals surface area contributed by atoms with E-state index in [0.717, 1.165) is 10.2 Å². The van der Waals surface area contributed by atoms with Crippen LogP contribution in [0.5, 0.6) is 17.4 Å². The summed E-state index contributed by atoms with van der Waals surface area (Å²) in [6.07, 6.45) is 4.97. The minimum Gasteiger partial charge on any atom is -0.497 e. The monoisotopic (exact) mass is 320 g/mol. The fourth-order valence-electron chi connectivity index (χ4n) is 1.60. The molecule has 0 saturated heterocycles. The molecule has 0 aliphatic carbocycles. The van der Waals surface area contributed by atoms with E-state index in [1.807, 2.05) is 12.1 Å². The van der Waals surface area contributed by atoms with Crippen LogP contribution in [0, 0.1) is 0 Å². The molecule has 0 aliphatic heterocycles. The third-order valence-electron chi connectivity index (χ3n) is 2.53. The quantitative estimate of drug-likeness (QED) is 0.742. The number of benzene rings is 1. The SMILES string of the molecule is COc1ccc(Oc2nccn3cnnc23)c(Br)c1. The van der Waals surface area contributed by atoms with E-state index in [0.29, 0.717) is 17.3 Å². The first kappa shape index (κ1) is 11.9. The van der Waals surface area contributed by atoms with Gasteiger partial charge in [-0.25, -0.2) is 4.98 Å². The zero-order chi connectivity index (χ0) is 13.2. The van der Waals surface area contributed by atoms with Gasteiger partial charge in [0.05, 0.1) is 11.6 Å². The van der Waals surface area contributed by atoms with Gasteiger partial charge in [0.15, 0.2) is 0 Å². The molecule has 0 fully saturated rings. The van der Waals surface area contributed by atoms with Crippen molar-refractivity contribution < 1.29 is 9.47 Å². The van der Waals surface area contributed by atoms with Gasteiger partial charge in [-0.05, 0) is 34.1 Å². The maximum atomic E-state index is 5.74. The molecule has 19 heavy (non-hydrogen) atoms. The van der Waals surface area contributed by atoms with Gasteiger partial charge in [0.25, 0.3) is 5.88 Å². The molecule has 0 radical (unpaired) electrons. The number of hydrogen-bond donors (Lipinski definition) is 0. The molecule has 0 spiro atoms. The van der Waals surface area contributed by atoms with Crippen molar-refractivity contribution in [2.75, 3.05) is 7.11 Å². The molecule has 2 aromatic heterocycles. The molecule has 0 atom stereocenters. The third kappa shape index (κ3) is 2.24. The van der Waals surface area contributed by atoms with Gasteiger partial charge in [-0.1, -0.05) is 0 Å². The molecule has 0 N–H and O–H groups in total. The normalized spacial score (nSPS) is 10.6. The summed E-state index contributed by atoms with van der Waals surface area (Å²) in [4.78, 5) is 4.16. The van der Waals surface area contributed by atoms with E-state index >= 15 is 0 Å². The number of fused-ring (bicyclic) bond motifs is 1. The molecule has 7 heteroatoms. The van der Waals surface area contributed by atoms with Crippen LogP contribution in [-0.2, 0) is 0 Å². The summed E-state index contributed by atoms with van der Waals surface area (Å²) in [5.41, 5.74) is 0.560. The van der Waals surface area contributed by atoms with Crippen molar-refractivity contribution in [1.82, 2.24) is 19.6 Å². The van der Waals surface area contributed by atoms with Crippen LogP contribution in [0.4, 0.5) is 0 Å². The van der Waals surface area contributed by atoms with Crippen molar-refractivity contribution >= 4 is 21.6 Å². The van der Waals surface area contributed by atoms with Crippen LogP contribution in [0.25, 0.3) is 5.65 Å². The molecule has 6 nitrogen and oxygen atoms in total. The first-order valence-corrected chi connectivity index (χ1v) is 6.23. The van der Waals surface area contributed by atoms with Gasteiger partial charge in [0, 0.05) is 12.4 Å². The lowest BCUT2D eigenvalue weighted by Crippen LogP contribution is -1.94. The van der Waals surface area contributed by atoms with Crippen LogP contribution in [0.2, 0.25) is 0 Å². The van der Waals surface area contributed by atoms with Gasteiger partial charge in [-0.2, -0.15) is 0 Å². The zero-order valence-electron chi connectivity index (χ0n) is 9.95. The van der Waals surface area contributed by atoms with E-state index in [2.05, 4.69) is 31.1 Å². The fourth-order valence-corrected chi connectivity index (χ4v) is 2.04. The van der Waals surface area contributed by atoms with Gasteiger partial charge in [0.2, 0.25) is 5.65 Å². The summed E-state index contributed by atoms with van der Waals surface area (Å²) < 4.78 is 13.4. The first-order chi connectivity index (χ1) is 9.28. The minimum atomic E-state index is 0.394. The van der Waals surface area contributed by atoms with Gasteiger partial charge in [-0.3, -0.25) is 4.40 Å². The lowest BCUT2D eigenvalue weighted by atomic mass is 10.3. The summed E-state index contributed by atoms with van der Waals surface area (Å²) in [6, 6.07) is 5.42. The van der Waals surface area contributed by atoms with Crippen LogP contribution in [0.3, 0.4) is 0 Å². The van der Waals surface area contributed by atoms with E-state index in [1.165, 1.54) is 0 Å². The molecule has 0 saturated carbocycles. The van der Waals surface area contributed by atoms with Crippen molar-refractivity contribution in [3.05, 3.63) is 41.4 Å². The van der Waals surface area contributed by atoms with E-state index in [1.54, 1.807) is 36.3 Å². The number of methoxy groups -OCH3 is 1. The summed E-state index contributed by atoms with van der Waals surface area (Å²) in [6.45, 7) is 0. The highest BCUT2D eigenvalue weighted by Crippen LogP contribution is 2.32. The molecule has 0 bridgehead atoms. The summed E-state index contributed by atoms with van der Waals surface area (Å²) in [5, 5.41) is 7.78. The Morgan fingerprint density at radius 3 is 3.00 bits per heavy atom. The average Bonchev–Trinajstić information content (AvgIpc) is 2.90. The van der Waals surface area contributed by atoms with Crippen LogP contribution >= 0.6 is 15.9 Å². The van der Waals surface area contributed by atoms with E-state index in [9.17, 15) is 0 Å². The van der Waals surface area contributed by atoms with Crippen molar-refractivity contribution in [1.29, 1.82) is 0 Å². The van der Waals surface area contributed by atoms with Crippen LogP contribution in [0.15, 0.2) is 41.4 Å². The maximum Gasteiger partial charge on any atom is 0.265 e. The van der Waals surface area contributed by atoms with E-state index in [-0.39, 0.29) is 0 Å². The predicted molar refractivity (Wildman–Crippen MR) is 71.6 cm³/mol. The molecular weight excluding hydrogens is 312 g/mol. The van der Waals surface area contributed by atoms with Gasteiger partial charge >= 0.3 is 0 Å². The molecule has 1 aromatic carbocycles. The fraction of sp³-hybridized carbons (Fsp3) is 0.0833. The smallest absolute Gasteiger partial charge is 0.265 e. The molecule has 0 aliphatic rings. The first-order valence-electron chi connectivity index (χ1n) is 5.43. The summed E-state index contributed by atoms with van der Waals surface area (Å²) in [7, 11) is 1.61. The number of nitrogens with zero attached hydrogens (tertiary/aromatic N) is 4. The number of aromatic nitrogens is 4. The lowest BCUT2D eigenvalue weighted by Gasteiger charge is -2.08. The van der Waals surface area contributed by atoms with E-state index in [4.69, 9.17) is 9.47 Å².